The number of urea groups is 1. The van der Waals surface area contributed by atoms with Crippen LogP contribution >= 0.6 is 39.1 Å². The van der Waals surface area contributed by atoms with Gasteiger partial charge < -0.3 is 4.90 Å². The van der Waals surface area contributed by atoms with Crippen molar-refractivity contribution in [2.45, 2.75) is 24.8 Å². The lowest BCUT2D eigenvalue weighted by Gasteiger charge is -2.29. The monoisotopic (exact) mass is 452 g/mol. The second-order valence-corrected chi connectivity index (χ2v) is 8.64. The van der Waals surface area contributed by atoms with Crippen molar-refractivity contribution in [3.8, 4) is 0 Å². The summed E-state index contributed by atoms with van der Waals surface area (Å²) in [5, 5.41) is 0.770. The molecule has 2 aromatic rings. The summed E-state index contributed by atoms with van der Waals surface area (Å²) >= 11 is 15.6. The average molecular weight is 454 g/mol. The van der Waals surface area contributed by atoms with Gasteiger partial charge in [0.05, 0.1) is 5.69 Å². The van der Waals surface area contributed by atoms with Gasteiger partial charge in [-0.1, -0.05) is 58.2 Å². The van der Waals surface area contributed by atoms with Crippen LogP contribution in [-0.4, -0.2) is 29.4 Å². The molecule has 1 unspecified atom stereocenters. The second kappa shape index (κ2) is 6.25. The van der Waals surface area contributed by atoms with E-state index in [1.807, 2.05) is 31.2 Å². The summed E-state index contributed by atoms with van der Waals surface area (Å²) in [6.07, 6.45) is 0.737. The van der Waals surface area contributed by atoms with E-state index < -0.39 is 11.5 Å². The molecule has 0 radical (unpaired) electrons. The predicted octanol–water partition coefficient (Wildman–Crippen LogP) is 5.25. The maximum atomic E-state index is 13.2. The topological polar surface area (TPSA) is 40.6 Å². The van der Waals surface area contributed by atoms with Crippen LogP contribution in [0.15, 0.2) is 46.9 Å². The van der Waals surface area contributed by atoms with Gasteiger partial charge in [-0.05, 0) is 42.3 Å². The Kier molecular flexibility index (Phi) is 4.29. The smallest absolute Gasteiger partial charge is 0.311 e. The maximum Gasteiger partial charge on any atom is 0.332 e. The number of imide groups is 1. The molecule has 4 rings (SSSR count). The summed E-state index contributed by atoms with van der Waals surface area (Å²) in [7, 11) is 0. The molecular formula is C19H15BrCl2N2O2. The van der Waals surface area contributed by atoms with E-state index >= 15 is 0 Å². The molecule has 0 aliphatic carbocycles. The molecule has 2 heterocycles. The highest BCUT2D eigenvalue weighted by molar-refractivity contribution is 9.10. The Hall–Kier alpha value is -1.56. The standard InChI is InChI=1S/C19H15BrCl2N2O2/c1-19(11-2-4-12(20)5-3-11)6-7-23-16(19)17(25)24(18(23)26)15-9-13(21)8-14(22)10-15/h2-5,8-10,16H,6-7H2,1H3/t16?,19-/m1/s1. The van der Waals surface area contributed by atoms with E-state index in [1.165, 1.54) is 4.90 Å². The third-order valence-corrected chi connectivity index (χ3v) is 6.25. The largest absolute Gasteiger partial charge is 0.332 e. The molecule has 0 N–H and O–H groups in total. The third-order valence-electron chi connectivity index (χ3n) is 5.29. The van der Waals surface area contributed by atoms with Crippen molar-refractivity contribution in [1.29, 1.82) is 0 Å². The van der Waals surface area contributed by atoms with E-state index in [0.29, 0.717) is 22.3 Å². The van der Waals surface area contributed by atoms with Gasteiger partial charge >= 0.3 is 6.03 Å². The van der Waals surface area contributed by atoms with Crippen LogP contribution in [0.5, 0.6) is 0 Å². The van der Waals surface area contributed by atoms with Crippen molar-refractivity contribution in [2.24, 2.45) is 0 Å². The van der Waals surface area contributed by atoms with Crippen LogP contribution in [0.1, 0.15) is 18.9 Å². The quantitative estimate of drug-likeness (QED) is 0.582. The third kappa shape index (κ3) is 2.65. The van der Waals surface area contributed by atoms with Crippen LogP contribution in [0.2, 0.25) is 10.0 Å². The minimum Gasteiger partial charge on any atom is -0.311 e. The van der Waals surface area contributed by atoms with Gasteiger partial charge in [0.15, 0.2) is 0 Å². The maximum absolute atomic E-state index is 13.2. The molecular weight excluding hydrogens is 439 g/mol. The van der Waals surface area contributed by atoms with E-state index in [0.717, 1.165) is 16.5 Å². The number of fused-ring (bicyclic) bond motifs is 1. The Labute approximate surface area is 169 Å². The molecule has 0 saturated carbocycles. The molecule has 0 aromatic heterocycles. The van der Waals surface area contributed by atoms with Crippen LogP contribution in [0.25, 0.3) is 0 Å². The van der Waals surface area contributed by atoms with E-state index in [-0.39, 0.29) is 11.9 Å². The van der Waals surface area contributed by atoms with E-state index in [2.05, 4.69) is 15.9 Å². The van der Waals surface area contributed by atoms with Gasteiger partial charge in [-0.15, -0.1) is 0 Å². The lowest BCUT2D eigenvalue weighted by molar-refractivity contribution is -0.120. The molecule has 2 aliphatic rings. The SMILES string of the molecule is C[C@]1(c2ccc(Br)cc2)CCN2C(=O)N(c3cc(Cl)cc(Cl)c3)C(=O)C21. The summed E-state index contributed by atoms with van der Waals surface area (Å²) in [4.78, 5) is 29.0. The molecule has 0 spiro atoms. The highest BCUT2D eigenvalue weighted by atomic mass is 79.9. The van der Waals surface area contributed by atoms with Crippen LogP contribution < -0.4 is 4.90 Å². The molecule has 4 nitrogen and oxygen atoms in total. The summed E-state index contributed by atoms with van der Waals surface area (Å²) in [6.45, 7) is 2.58. The fourth-order valence-electron chi connectivity index (χ4n) is 3.96. The molecule has 2 atom stereocenters. The van der Waals surface area contributed by atoms with Crippen LogP contribution in [0.3, 0.4) is 0 Å². The lowest BCUT2D eigenvalue weighted by Crippen LogP contribution is -2.43. The molecule has 2 aromatic carbocycles. The van der Waals surface area contributed by atoms with Gasteiger partial charge in [-0.2, -0.15) is 0 Å². The fourth-order valence-corrected chi connectivity index (χ4v) is 4.74. The van der Waals surface area contributed by atoms with Crippen molar-refractivity contribution >= 4 is 56.8 Å². The Bertz CT molecular complexity index is 898. The fraction of sp³-hybridized carbons (Fsp3) is 0.263. The normalized spacial score (nSPS) is 25.2. The Morgan fingerprint density at radius 3 is 2.31 bits per heavy atom. The van der Waals surface area contributed by atoms with Crippen molar-refractivity contribution in [3.63, 3.8) is 0 Å². The zero-order valence-corrected chi connectivity index (χ0v) is 17.0. The van der Waals surface area contributed by atoms with Crippen molar-refractivity contribution in [2.75, 3.05) is 11.4 Å². The highest BCUT2D eigenvalue weighted by Gasteiger charge is 2.58. The molecule has 134 valence electrons. The summed E-state index contributed by atoms with van der Waals surface area (Å²) in [5.41, 5.74) is 1.01. The Balaban J connectivity index is 1.75. The zero-order chi connectivity index (χ0) is 18.6. The first kappa shape index (κ1) is 17.8. The summed E-state index contributed by atoms with van der Waals surface area (Å²) in [5.74, 6) is -0.240. The van der Waals surface area contributed by atoms with Gasteiger partial charge in [0.25, 0.3) is 5.91 Å². The minimum atomic E-state index is -0.533. The zero-order valence-electron chi connectivity index (χ0n) is 13.9. The molecule has 2 fully saturated rings. The molecule has 26 heavy (non-hydrogen) atoms. The number of carbonyl (C=O) groups excluding carboxylic acids is 2. The van der Waals surface area contributed by atoms with Crippen LogP contribution in [-0.2, 0) is 10.2 Å². The van der Waals surface area contributed by atoms with E-state index in [9.17, 15) is 9.59 Å². The minimum absolute atomic E-state index is 0.240. The molecule has 2 aliphatic heterocycles. The molecule has 0 bridgehead atoms. The number of hydrogen-bond acceptors (Lipinski definition) is 2. The van der Waals surface area contributed by atoms with E-state index in [1.54, 1.807) is 23.1 Å². The number of halogens is 3. The average Bonchev–Trinajstić information content (AvgIpc) is 3.05. The summed E-state index contributed by atoms with van der Waals surface area (Å²) < 4.78 is 0.976. The number of benzene rings is 2. The van der Waals surface area contributed by atoms with Gasteiger partial charge in [0.1, 0.15) is 6.04 Å². The highest BCUT2D eigenvalue weighted by Crippen LogP contribution is 2.45. The van der Waals surface area contributed by atoms with Crippen molar-refractivity contribution in [3.05, 3.63) is 62.5 Å². The molecule has 7 heteroatoms. The number of amides is 3. The van der Waals surface area contributed by atoms with Gasteiger partial charge in [-0.3, -0.25) is 4.79 Å². The lowest BCUT2D eigenvalue weighted by atomic mass is 9.76. The Morgan fingerprint density at radius 2 is 1.69 bits per heavy atom. The predicted molar refractivity (Wildman–Crippen MR) is 106 cm³/mol. The van der Waals surface area contributed by atoms with Crippen molar-refractivity contribution < 1.29 is 9.59 Å². The van der Waals surface area contributed by atoms with Crippen molar-refractivity contribution in [1.82, 2.24) is 4.90 Å². The first-order chi connectivity index (χ1) is 12.3. The number of nitrogens with zero attached hydrogens (tertiary/aromatic N) is 2. The Morgan fingerprint density at radius 1 is 1.08 bits per heavy atom. The second-order valence-electron chi connectivity index (χ2n) is 6.85. The molecule has 2 saturated heterocycles. The molecule has 3 amide bonds. The van der Waals surface area contributed by atoms with Gasteiger partial charge in [0, 0.05) is 26.5 Å². The summed E-state index contributed by atoms with van der Waals surface area (Å²) in [6, 6.07) is 11.8. The first-order valence-corrected chi connectivity index (χ1v) is 9.73. The number of anilines is 1. The van der Waals surface area contributed by atoms with Crippen LogP contribution in [0, 0.1) is 0 Å². The van der Waals surface area contributed by atoms with Gasteiger partial charge in [0.2, 0.25) is 0 Å². The first-order valence-electron chi connectivity index (χ1n) is 8.18. The van der Waals surface area contributed by atoms with E-state index in [4.69, 9.17) is 23.2 Å². The van der Waals surface area contributed by atoms with Gasteiger partial charge in [-0.25, -0.2) is 9.69 Å². The number of hydrogen-bond donors (Lipinski definition) is 0. The van der Waals surface area contributed by atoms with Crippen LogP contribution in [0.4, 0.5) is 10.5 Å². The number of carbonyl (C=O) groups is 2. The number of rotatable bonds is 2.